The van der Waals surface area contributed by atoms with Crippen LogP contribution in [0.3, 0.4) is 0 Å². The molecular weight excluding hydrogens is 238 g/mol. The molecule has 0 amide bonds. The molecule has 1 N–H and O–H groups in total. The minimum absolute atomic E-state index is 0.187. The van der Waals surface area contributed by atoms with Crippen molar-refractivity contribution in [3.8, 4) is 0 Å². The average Bonchev–Trinajstić information content (AvgIpc) is 2.51. The molecule has 0 fully saturated rings. The van der Waals surface area contributed by atoms with Gasteiger partial charge in [-0.15, -0.1) is 0 Å². The Morgan fingerprint density at radius 3 is 2.59 bits per heavy atom. The lowest BCUT2D eigenvalue weighted by atomic mass is 10.0. The molecular formula is C13H14ClNO2. The summed E-state index contributed by atoms with van der Waals surface area (Å²) in [7, 11) is 1.77. The number of aromatic carboxylic acids is 1. The molecule has 3 nitrogen and oxygen atoms in total. The second-order valence-corrected chi connectivity index (χ2v) is 4.82. The molecule has 0 unspecified atom stereocenters. The first-order valence-electron chi connectivity index (χ1n) is 5.44. The molecule has 1 aromatic carbocycles. The molecule has 0 aliphatic heterocycles. The summed E-state index contributed by atoms with van der Waals surface area (Å²) in [4.78, 5) is 11.2. The van der Waals surface area contributed by atoms with E-state index in [1.54, 1.807) is 11.6 Å². The maximum Gasteiger partial charge on any atom is 0.339 e. The molecule has 0 saturated heterocycles. The Morgan fingerprint density at radius 1 is 1.41 bits per heavy atom. The minimum atomic E-state index is -0.985. The first-order valence-corrected chi connectivity index (χ1v) is 5.82. The summed E-state index contributed by atoms with van der Waals surface area (Å²) in [5, 5.41) is 10.2. The summed E-state index contributed by atoms with van der Waals surface area (Å²) >= 11 is 6.05. The van der Waals surface area contributed by atoms with Crippen molar-refractivity contribution in [2.24, 2.45) is 7.05 Å². The fourth-order valence-corrected chi connectivity index (χ4v) is 2.27. The number of hydrogen-bond donors (Lipinski definition) is 1. The second kappa shape index (κ2) is 4.08. The maximum absolute atomic E-state index is 11.2. The summed E-state index contributed by atoms with van der Waals surface area (Å²) in [5.41, 5.74) is 2.14. The van der Waals surface area contributed by atoms with Crippen LogP contribution in [-0.4, -0.2) is 15.6 Å². The molecule has 0 saturated carbocycles. The molecule has 0 aliphatic carbocycles. The molecule has 0 atom stereocenters. The van der Waals surface area contributed by atoms with Gasteiger partial charge in [-0.3, -0.25) is 0 Å². The molecule has 1 heterocycles. The van der Waals surface area contributed by atoms with Crippen molar-refractivity contribution in [1.82, 2.24) is 4.57 Å². The van der Waals surface area contributed by atoms with Crippen LogP contribution < -0.4 is 0 Å². The first-order chi connectivity index (χ1) is 7.93. The third-order valence-electron chi connectivity index (χ3n) is 3.03. The van der Waals surface area contributed by atoms with Crippen LogP contribution in [0.5, 0.6) is 0 Å². The normalized spacial score (nSPS) is 11.4. The maximum atomic E-state index is 11.2. The van der Waals surface area contributed by atoms with Crippen LogP contribution in [0, 0.1) is 0 Å². The van der Waals surface area contributed by atoms with Crippen LogP contribution in [0.2, 0.25) is 5.15 Å². The molecule has 4 heteroatoms. The van der Waals surface area contributed by atoms with Crippen LogP contribution in [0.25, 0.3) is 10.9 Å². The van der Waals surface area contributed by atoms with Gasteiger partial charge in [-0.1, -0.05) is 31.5 Å². The Morgan fingerprint density at radius 2 is 2.06 bits per heavy atom. The van der Waals surface area contributed by atoms with Crippen molar-refractivity contribution in [2.45, 2.75) is 19.8 Å². The number of carbonyl (C=O) groups is 1. The Kier molecular flexibility index (Phi) is 2.87. The van der Waals surface area contributed by atoms with Crippen molar-refractivity contribution >= 4 is 28.5 Å². The lowest BCUT2D eigenvalue weighted by Gasteiger charge is -2.05. The van der Waals surface area contributed by atoms with Crippen LogP contribution in [0.1, 0.15) is 35.7 Å². The van der Waals surface area contributed by atoms with Gasteiger partial charge in [0.05, 0.1) is 0 Å². The zero-order valence-corrected chi connectivity index (χ0v) is 10.7. The van der Waals surface area contributed by atoms with Gasteiger partial charge in [-0.2, -0.15) is 0 Å². The van der Waals surface area contributed by atoms with E-state index in [4.69, 9.17) is 11.6 Å². The molecule has 0 spiro atoms. The summed E-state index contributed by atoms with van der Waals surface area (Å²) < 4.78 is 1.70. The zero-order chi connectivity index (χ0) is 12.7. The van der Waals surface area contributed by atoms with E-state index in [2.05, 4.69) is 13.8 Å². The van der Waals surface area contributed by atoms with E-state index in [1.807, 2.05) is 18.2 Å². The van der Waals surface area contributed by atoms with E-state index in [0.29, 0.717) is 11.3 Å². The average molecular weight is 252 g/mol. The Bertz CT molecular complexity index is 599. The summed E-state index contributed by atoms with van der Waals surface area (Å²) in [5.74, 6) is -0.624. The van der Waals surface area contributed by atoms with E-state index in [9.17, 15) is 9.90 Å². The third kappa shape index (κ3) is 1.80. The van der Waals surface area contributed by atoms with Gasteiger partial charge in [0.15, 0.2) is 0 Å². The molecule has 90 valence electrons. The van der Waals surface area contributed by atoms with Crippen LogP contribution in [0.4, 0.5) is 0 Å². The van der Waals surface area contributed by atoms with E-state index < -0.39 is 5.97 Å². The number of carboxylic acid groups (broad SMARTS) is 1. The number of fused-ring (bicyclic) bond motifs is 1. The van der Waals surface area contributed by atoms with Gasteiger partial charge in [0.25, 0.3) is 0 Å². The van der Waals surface area contributed by atoms with E-state index >= 15 is 0 Å². The summed E-state index contributed by atoms with van der Waals surface area (Å²) in [6, 6.07) is 5.84. The third-order valence-corrected chi connectivity index (χ3v) is 3.48. The quantitative estimate of drug-likeness (QED) is 0.885. The number of nitrogens with zero attached hydrogens (tertiary/aromatic N) is 1. The number of aromatic nitrogens is 1. The van der Waals surface area contributed by atoms with Gasteiger partial charge in [-0.05, 0) is 23.6 Å². The second-order valence-electron chi connectivity index (χ2n) is 4.46. The molecule has 0 bridgehead atoms. The van der Waals surface area contributed by atoms with Crippen molar-refractivity contribution in [3.63, 3.8) is 0 Å². The van der Waals surface area contributed by atoms with Crippen molar-refractivity contribution in [2.75, 3.05) is 0 Å². The van der Waals surface area contributed by atoms with Gasteiger partial charge in [0.2, 0.25) is 0 Å². The van der Waals surface area contributed by atoms with E-state index in [-0.39, 0.29) is 10.7 Å². The van der Waals surface area contributed by atoms with Gasteiger partial charge in [0, 0.05) is 18.0 Å². The smallest absolute Gasteiger partial charge is 0.339 e. The molecule has 1 aromatic heterocycles. The minimum Gasteiger partial charge on any atom is -0.478 e. The molecule has 2 rings (SSSR count). The van der Waals surface area contributed by atoms with Gasteiger partial charge in [0.1, 0.15) is 10.7 Å². The monoisotopic (exact) mass is 251 g/mol. The van der Waals surface area contributed by atoms with Crippen LogP contribution >= 0.6 is 11.6 Å². The number of carboxylic acids is 1. The number of hydrogen-bond acceptors (Lipinski definition) is 1. The van der Waals surface area contributed by atoms with Gasteiger partial charge in [-0.25, -0.2) is 4.79 Å². The number of aryl methyl sites for hydroxylation is 1. The van der Waals surface area contributed by atoms with E-state index in [0.717, 1.165) is 11.1 Å². The molecule has 17 heavy (non-hydrogen) atoms. The molecule has 2 aromatic rings. The number of rotatable bonds is 2. The SMILES string of the molecule is CC(C)c1ccc2c(c1)c(C(=O)O)c(Cl)n2C. The predicted molar refractivity (Wildman–Crippen MR) is 69.0 cm³/mol. The predicted octanol–water partition coefficient (Wildman–Crippen LogP) is 3.65. The highest BCUT2D eigenvalue weighted by Gasteiger charge is 2.19. The molecule has 0 aliphatic rings. The zero-order valence-electron chi connectivity index (χ0n) is 9.99. The molecule has 0 radical (unpaired) electrons. The lowest BCUT2D eigenvalue weighted by Crippen LogP contribution is -1.96. The highest BCUT2D eigenvalue weighted by Crippen LogP contribution is 2.31. The number of benzene rings is 1. The Hall–Kier alpha value is -1.48. The number of halogens is 1. The lowest BCUT2D eigenvalue weighted by molar-refractivity contribution is 0.0699. The van der Waals surface area contributed by atoms with Crippen LogP contribution in [0.15, 0.2) is 18.2 Å². The van der Waals surface area contributed by atoms with Gasteiger partial charge >= 0.3 is 5.97 Å². The van der Waals surface area contributed by atoms with Gasteiger partial charge < -0.3 is 9.67 Å². The fraction of sp³-hybridized carbons (Fsp3) is 0.308. The Balaban J connectivity index is 2.83. The highest BCUT2D eigenvalue weighted by molar-refractivity contribution is 6.35. The Labute approximate surface area is 105 Å². The van der Waals surface area contributed by atoms with Crippen molar-refractivity contribution in [3.05, 3.63) is 34.5 Å². The standard InChI is InChI=1S/C13H14ClNO2/c1-7(2)8-4-5-10-9(6-8)11(13(16)17)12(14)15(10)3/h4-7H,1-3H3,(H,16,17). The van der Waals surface area contributed by atoms with Crippen LogP contribution in [-0.2, 0) is 7.05 Å². The first kappa shape index (κ1) is 12.0. The fourth-order valence-electron chi connectivity index (χ4n) is 1.99. The van der Waals surface area contributed by atoms with Crippen molar-refractivity contribution < 1.29 is 9.90 Å². The highest BCUT2D eigenvalue weighted by atomic mass is 35.5. The van der Waals surface area contributed by atoms with Crippen molar-refractivity contribution in [1.29, 1.82) is 0 Å². The van der Waals surface area contributed by atoms with E-state index in [1.165, 1.54) is 0 Å². The topological polar surface area (TPSA) is 42.2 Å². The summed E-state index contributed by atoms with van der Waals surface area (Å²) in [6.07, 6.45) is 0. The largest absolute Gasteiger partial charge is 0.478 e. The summed E-state index contributed by atoms with van der Waals surface area (Å²) in [6.45, 7) is 4.15.